The van der Waals surface area contributed by atoms with Crippen LogP contribution < -0.4 is 0 Å². The first-order chi connectivity index (χ1) is 8.17. The SMILES string of the molecule is CCCOC(=O)C(C)(CO)COC(=O)C(C)(C)Br. The Morgan fingerprint density at radius 1 is 1.17 bits per heavy atom. The minimum atomic E-state index is -1.22. The van der Waals surface area contributed by atoms with Crippen molar-refractivity contribution in [3.63, 3.8) is 0 Å². The molecule has 0 rings (SSSR count). The average molecular weight is 325 g/mol. The van der Waals surface area contributed by atoms with E-state index in [1.807, 2.05) is 6.92 Å². The number of carbonyl (C=O) groups is 2. The van der Waals surface area contributed by atoms with Gasteiger partial charge in [-0.3, -0.25) is 9.59 Å². The number of hydrogen-bond donors (Lipinski definition) is 1. The Bertz CT molecular complexity index is 297. The first-order valence-corrected chi connectivity index (χ1v) is 6.61. The quantitative estimate of drug-likeness (QED) is 0.569. The van der Waals surface area contributed by atoms with Crippen molar-refractivity contribution in [2.45, 2.75) is 38.4 Å². The van der Waals surface area contributed by atoms with Gasteiger partial charge in [0.15, 0.2) is 0 Å². The second-order valence-electron chi connectivity index (χ2n) is 4.90. The maximum atomic E-state index is 11.7. The summed E-state index contributed by atoms with van der Waals surface area (Å²) in [4.78, 5) is 23.3. The Kier molecular flexibility index (Phi) is 6.84. The van der Waals surface area contributed by atoms with E-state index in [0.717, 1.165) is 0 Å². The van der Waals surface area contributed by atoms with E-state index >= 15 is 0 Å². The molecule has 0 amide bonds. The minimum absolute atomic E-state index is 0.208. The lowest BCUT2D eigenvalue weighted by Crippen LogP contribution is -2.40. The van der Waals surface area contributed by atoms with Crippen molar-refractivity contribution in [3.05, 3.63) is 0 Å². The fourth-order valence-corrected chi connectivity index (χ4v) is 1.05. The predicted molar refractivity (Wildman–Crippen MR) is 70.4 cm³/mol. The van der Waals surface area contributed by atoms with E-state index in [9.17, 15) is 14.7 Å². The molecule has 18 heavy (non-hydrogen) atoms. The highest BCUT2D eigenvalue weighted by molar-refractivity contribution is 9.10. The van der Waals surface area contributed by atoms with Crippen LogP contribution in [0.3, 0.4) is 0 Å². The first kappa shape index (κ1) is 17.4. The van der Waals surface area contributed by atoms with Crippen LogP contribution in [0.25, 0.3) is 0 Å². The van der Waals surface area contributed by atoms with Gasteiger partial charge in [-0.15, -0.1) is 0 Å². The van der Waals surface area contributed by atoms with Crippen LogP contribution in [0.5, 0.6) is 0 Å². The normalized spacial score (nSPS) is 14.8. The van der Waals surface area contributed by atoms with Crippen molar-refractivity contribution in [1.29, 1.82) is 0 Å². The summed E-state index contributed by atoms with van der Waals surface area (Å²) in [6.45, 7) is 6.29. The predicted octanol–water partition coefficient (Wildman–Crippen LogP) is 1.65. The zero-order valence-corrected chi connectivity index (χ0v) is 12.9. The number of esters is 2. The molecule has 0 bridgehead atoms. The average Bonchev–Trinajstić information content (AvgIpc) is 2.31. The molecule has 0 aromatic carbocycles. The molecule has 0 fully saturated rings. The summed E-state index contributed by atoms with van der Waals surface area (Å²) in [7, 11) is 0. The second-order valence-corrected chi connectivity index (χ2v) is 6.89. The van der Waals surface area contributed by atoms with Gasteiger partial charge < -0.3 is 14.6 Å². The third-order valence-electron chi connectivity index (χ3n) is 2.29. The second kappa shape index (κ2) is 7.09. The summed E-state index contributed by atoms with van der Waals surface area (Å²) in [5, 5.41) is 9.27. The number of ether oxygens (including phenoxy) is 2. The Morgan fingerprint density at radius 2 is 1.72 bits per heavy atom. The lowest BCUT2D eigenvalue weighted by atomic mass is 9.93. The third kappa shape index (κ3) is 5.35. The van der Waals surface area contributed by atoms with Gasteiger partial charge in [0, 0.05) is 0 Å². The number of halogens is 1. The Hall–Kier alpha value is -0.620. The van der Waals surface area contributed by atoms with E-state index < -0.39 is 28.3 Å². The smallest absolute Gasteiger partial charge is 0.322 e. The molecule has 0 saturated heterocycles. The van der Waals surface area contributed by atoms with Crippen molar-refractivity contribution in [1.82, 2.24) is 0 Å². The van der Waals surface area contributed by atoms with Crippen LogP contribution in [-0.2, 0) is 19.1 Å². The maximum absolute atomic E-state index is 11.7. The number of aliphatic hydroxyl groups is 1. The fraction of sp³-hybridized carbons (Fsp3) is 0.833. The van der Waals surface area contributed by atoms with Crippen LogP contribution in [0.1, 0.15) is 34.1 Å². The molecule has 0 aromatic rings. The number of aliphatic hydroxyl groups excluding tert-OH is 1. The molecule has 6 heteroatoms. The molecule has 0 aliphatic carbocycles. The third-order valence-corrected chi connectivity index (χ3v) is 2.61. The molecular formula is C12H21BrO5. The van der Waals surface area contributed by atoms with Crippen LogP contribution in [0.15, 0.2) is 0 Å². The van der Waals surface area contributed by atoms with Crippen molar-refractivity contribution < 1.29 is 24.2 Å². The Labute approximate surface area is 116 Å². The topological polar surface area (TPSA) is 72.8 Å². The molecular weight excluding hydrogens is 304 g/mol. The van der Waals surface area contributed by atoms with Gasteiger partial charge in [0.1, 0.15) is 16.3 Å². The molecule has 0 saturated carbocycles. The van der Waals surface area contributed by atoms with Gasteiger partial charge in [0.05, 0.1) is 13.2 Å². The zero-order chi connectivity index (χ0) is 14.4. The maximum Gasteiger partial charge on any atom is 0.322 e. The Balaban J connectivity index is 4.49. The van der Waals surface area contributed by atoms with Gasteiger partial charge in [-0.05, 0) is 27.2 Å². The van der Waals surface area contributed by atoms with Crippen LogP contribution in [0, 0.1) is 5.41 Å². The molecule has 0 radical (unpaired) electrons. The molecule has 1 N–H and O–H groups in total. The number of rotatable bonds is 7. The van der Waals surface area contributed by atoms with Gasteiger partial charge in [-0.1, -0.05) is 22.9 Å². The van der Waals surface area contributed by atoms with Crippen molar-refractivity contribution in [3.8, 4) is 0 Å². The van der Waals surface area contributed by atoms with E-state index in [-0.39, 0.29) is 13.2 Å². The standard InChI is InChI=1S/C12H21BrO5/c1-5-6-17-10(16)12(4,7-14)8-18-9(15)11(2,3)13/h14H,5-8H2,1-4H3. The summed E-state index contributed by atoms with van der Waals surface area (Å²) < 4.78 is 9.16. The molecule has 1 unspecified atom stereocenters. The number of hydrogen-bond acceptors (Lipinski definition) is 5. The molecule has 5 nitrogen and oxygen atoms in total. The van der Waals surface area contributed by atoms with Gasteiger partial charge in [0.2, 0.25) is 0 Å². The number of carbonyl (C=O) groups excluding carboxylic acids is 2. The van der Waals surface area contributed by atoms with Crippen LogP contribution in [0.4, 0.5) is 0 Å². The van der Waals surface area contributed by atoms with Crippen LogP contribution in [0.2, 0.25) is 0 Å². The first-order valence-electron chi connectivity index (χ1n) is 5.81. The lowest BCUT2D eigenvalue weighted by molar-refractivity contribution is -0.166. The van der Waals surface area contributed by atoms with E-state index in [1.54, 1.807) is 13.8 Å². The zero-order valence-electron chi connectivity index (χ0n) is 11.3. The van der Waals surface area contributed by atoms with E-state index in [1.165, 1.54) is 6.92 Å². The fourth-order valence-electron chi connectivity index (χ4n) is 0.935. The minimum Gasteiger partial charge on any atom is -0.465 e. The van der Waals surface area contributed by atoms with Gasteiger partial charge >= 0.3 is 11.9 Å². The van der Waals surface area contributed by atoms with Crippen molar-refractivity contribution >= 4 is 27.9 Å². The monoisotopic (exact) mass is 324 g/mol. The van der Waals surface area contributed by atoms with Gasteiger partial charge in [-0.25, -0.2) is 0 Å². The highest BCUT2D eigenvalue weighted by Gasteiger charge is 2.37. The molecule has 0 spiro atoms. The lowest BCUT2D eigenvalue weighted by Gasteiger charge is -2.26. The highest BCUT2D eigenvalue weighted by Crippen LogP contribution is 2.22. The summed E-state index contributed by atoms with van der Waals surface area (Å²) in [6.07, 6.45) is 0.696. The summed E-state index contributed by atoms with van der Waals surface area (Å²) in [5.41, 5.74) is -1.22. The molecule has 0 aromatic heterocycles. The molecule has 0 heterocycles. The van der Waals surface area contributed by atoms with Crippen molar-refractivity contribution in [2.75, 3.05) is 19.8 Å². The van der Waals surface area contributed by atoms with Gasteiger partial charge in [0.25, 0.3) is 0 Å². The highest BCUT2D eigenvalue weighted by atomic mass is 79.9. The molecule has 1 atom stereocenters. The molecule has 0 aliphatic heterocycles. The molecule has 106 valence electrons. The van der Waals surface area contributed by atoms with Gasteiger partial charge in [-0.2, -0.15) is 0 Å². The Morgan fingerprint density at radius 3 is 2.11 bits per heavy atom. The molecule has 0 aliphatic rings. The largest absolute Gasteiger partial charge is 0.465 e. The van der Waals surface area contributed by atoms with E-state index in [4.69, 9.17) is 9.47 Å². The summed E-state index contributed by atoms with van der Waals surface area (Å²) >= 11 is 3.16. The summed E-state index contributed by atoms with van der Waals surface area (Å²) in [5.74, 6) is -1.06. The van der Waals surface area contributed by atoms with Crippen LogP contribution in [-0.4, -0.2) is 41.2 Å². The van der Waals surface area contributed by atoms with E-state index in [2.05, 4.69) is 15.9 Å². The van der Waals surface area contributed by atoms with Crippen LogP contribution >= 0.6 is 15.9 Å². The van der Waals surface area contributed by atoms with Crippen molar-refractivity contribution in [2.24, 2.45) is 5.41 Å². The van der Waals surface area contributed by atoms with E-state index in [0.29, 0.717) is 6.42 Å². The number of alkyl halides is 1. The summed E-state index contributed by atoms with van der Waals surface area (Å²) in [6, 6.07) is 0.